The fraction of sp³-hybridized carbons (Fsp3) is 0.680. The Morgan fingerprint density at radius 3 is 2.61 bits per heavy atom. The molecular formula is C25H37N5O3. The van der Waals surface area contributed by atoms with Gasteiger partial charge in [-0.1, -0.05) is 34.6 Å². The molecule has 3 aliphatic rings. The Labute approximate surface area is 195 Å². The third-order valence-electron chi connectivity index (χ3n) is 8.27. The van der Waals surface area contributed by atoms with Crippen LogP contribution in [0.3, 0.4) is 0 Å². The van der Waals surface area contributed by atoms with E-state index in [-0.39, 0.29) is 35.0 Å². The lowest BCUT2D eigenvalue weighted by Crippen LogP contribution is -2.59. The molecule has 3 amide bonds. The predicted octanol–water partition coefficient (Wildman–Crippen LogP) is 1.33. The van der Waals surface area contributed by atoms with Crippen molar-refractivity contribution >= 4 is 17.7 Å². The molecule has 8 heteroatoms. The van der Waals surface area contributed by atoms with Gasteiger partial charge in [0.15, 0.2) is 0 Å². The van der Waals surface area contributed by atoms with Crippen LogP contribution in [0, 0.1) is 22.7 Å². The second-order valence-corrected chi connectivity index (χ2v) is 11.7. The van der Waals surface area contributed by atoms with E-state index >= 15 is 0 Å². The van der Waals surface area contributed by atoms with Crippen LogP contribution < -0.4 is 16.8 Å². The van der Waals surface area contributed by atoms with Gasteiger partial charge in [0.05, 0.1) is 6.04 Å². The SMILES string of the molecule is CC(C)(C)C(N)C(=O)N1C[C@H]2[C@@H]([C@H]1C(=O)NC(C(N)=O)C1CCCc3ccncc31)C2(C)C. The maximum atomic E-state index is 13.7. The quantitative estimate of drug-likeness (QED) is 0.616. The molecule has 1 aromatic rings. The van der Waals surface area contributed by atoms with Crippen molar-refractivity contribution < 1.29 is 14.4 Å². The largest absolute Gasteiger partial charge is 0.368 e. The highest BCUT2D eigenvalue weighted by Crippen LogP contribution is 2.65. The van der Waals surface area contributed by atoms with Gasteiger partial charge in [-0.2, -0.15) is 0 Å². The number of hydrogen-bond acceptors (Lipinski definition) is 5. The summed E-state index contributed by atoms with van der Waals surface area (Å²) >= 11 is 0. The Kier molecular flexibility index (Phi) is 5.79. The molecule has 0 bridgehead atoms. The van der Waals surface area contributed by atoms with Crippen molar-refractivity contribution in [1.29, 1.82) is 0 Å². The highest BCUT2D eigenvalue weighted by Gasteiger charge is 2.69. The minimum Gasteiger partial charge on any atom is -0.368 e. The summed E-state index contributed by atoms with van der Waals surface area (Å²) in [6.07, 6.45) is 6.09. The Hall–Kier alpha value is -2.48. The number of nitrogens with two attached hydrogens (primary N) is 2. The van der Waals surface area contributed by atoms with E-state index in [0.717, 1.165) is 30.4 Å². The molecule has 3 unspecified atom stereocenters. The van der Waals surface area contributed by atoms with Crippen LogP contribution in [0.15, 0.2) is 18.5 Å². The molecule has 1 saturated carbocycles. The molecule has 1 aliphatic heterocycles. The second-order valence-electron chi connectivity index (χ2n) is 11.7. The van der Waals surface area contributed by atoms with Crippen molar-refractivity contribution in [1.82, 2.24) is 15.2 Å². The zero-order chi connectivity index (χ0) is 24.3. The topological polar surface area (TPSA) is 131 Å². The van der Waals surface area contributed by atoms with Gasteiger partial charge < -0.3 is 21.7 Å². The van der Waals surface area contributed by atoms with Gasteiger partial charge >= 0.3 is 0 Å². The van der Waals surface area contributed by atoms with Crippen LogP contribution in [-0.4, -0.2) is 52.3 Å². The molecule has 2 heterocycles. The predicted molar refractivity (Wildman–Crippen MR) is 125 cm³/mol. The molecule has 5 N–H and O–H groups in total. The Morgan fingerprint density at radius 2 is 1.97 bits per heavy atom. The van der Waals surface area contributed by atoms with E-state index in [2.05, 4.69) is 24.1 Å². The van der Waals surface area contributed by atoms with E-state index in [0.29, 0.717) is 6.54 Å². The lowest BCUT2D eigenvalue weighted by Gasteiger charge is -2.37. The number of fused-ring (bicyclic) bond motifs is 2. The molecule has 180 valence electrons. The molecule has 8 nitrogen and oxygen atoms in total. The summed E-state index contributed by atoms with van der Waals surface area (Å²) in [4.78, 5) is 45.3. The van der Waals surface area contributed by atoms with E-state index in [9.17, 15) is 14.4 Å². The molecule has 4 rings (SSSR count). The number of piperidine rings is 1. The summed E-state index contributed by atoms with van der Waals surface area (Å²) in [6, 6.07) is -0.250. The first-order chi connectivity index (χ1) is 15.4. The Balaban J connectivity index is 1.59. The first kappa shape index (κ1) is 23.7. The number of nitrogens with one attached hydrogen (secondary N) is 1. The first-order valence-electron chi connectivity index (χ1n) is 11.9. The fourth-order valence-corrected chi connectivity index (χ4v) is 5.98. The zero-order valence-electron chi connectivity index (χ0n) is 20.3. The number of carbonyl (C=O) groups excluding carboxylic acids is 3. The number of amides is 3. The van der Waals surface area contributed by atoms with E-state index in [1.807, 2.05) is 26.8 Å². The number of carbonyl (C=O) groups is 3. The Morgan fingerprint density at radius 1 is 1.27 bits per heavy atom. The number of aryl methyl sites for hydroxylation is 1. The van der Waals surface area contributed by atoms with Gasteiger partial charge in [-0.05, 0) is 59.1 Å². The Bertz CT molecular complexity index is 969. The molecule has 1 saturated heterocycles. The monoisotopic (exact) mass is 455 g/mol. The van der Waals surface area contributed by atoms with Crippen LogP contribution in [0.1, 0.15) is 64.5 Å². The third-order valence-corrected chi connectivity index (χ3v) is 8.27. The van der Waals surface area contributed by atoms with E-state index in [4.69, 9.17) is 11.5 Å². The summed E-state index contributed by atoms with van der Waals surface area (Å²) in [6.45, 7) is 10.5. The van der Waals surface area contributed by atoms with Crippen LogP contribution in [0.2, 0.25) is 0 Å². The third kappa shape index (κ3) is 4.03. The minimum absolute atomic E-state index is 0.0335. The number of hydrogen-bond donors (Lipinski definition) is 3. The summed E-state index contributed by atoms with van der Waals surface area (Å²) in [5.74, 6) is -1.04. The van der Waals surface area contributed by atoms with Crippen molar-refractivity contribution in [2.24, 2.45) is 34.1 Å². The smallest absolute Gasteiger partial charge is 0.243 e. The normalized spacial score (nSPS) is 29.5. The van der Waals surface area contributed by atoms with Gasteiger partial charge in [-0.25, -0.2) is 0 Å². The van der Waals surface area contributed by atoms with Crippen molar-refractivity contribution in [3.8, 4) is 0 Å². The standard InChI is InChI=1S/C25H37N5O3/c1-24(2,3)20(26)23(33)30-12-16-17(25(16,4)5)19(30)22(32)29-18(21(27)31)14-8-6-7-13-9-10-28-11-15(13)14/h9-11,14,16-20H,6-8,12,26H2,1-5H3,(H2,27,31)(H,29,32)/t14?,16-,17-,18?,19-,20?/m0/s1. The van der Waals surface area contributed by atoms with Gasteiger partial charge in [0.1, 0.15) is 12.1 Å². The van der Waals surface area contributed by atoms with Gasteiger partial charge in [0, 0.05) is 24.9 Å². The fourth-order valence-electron chi connectivity index (χ4n) is 5.98. The van der Waals surface area contributed by atoms with E-state index in [1.165, 1.54) is 0 Å². The van der Waals surface area contributed by atoms with Crippen LogP contribution >= 0.6 is 0 Å². The lowest BCUT2D eigenvalue weighted by molar-refractivity contribution is -0.143. The van der Waals surface area contributed by atoms with Crippen LogP contribution in [-0.2, 0) is 20.8 Å². The number of rotatable bonds is 5. The number of likely N-dealkylation sites (tertiary alicyclic amines) is 1. The van der Waals surface area contributed by atoms with Crippen LogP contribution in [0.5, 0.6) is 0 Å². The van der Waals surface area contributed by atoms with Gasteiger partial charge in [-0.15, -0.1) is 0 Å². The van der Waals surface area contributed by atoms with E-state index < -0.39 is 29.4 Å². The molecule has 2 fully saturated rings. The number of pyridine rings is 1. The van der Waals surface area contributed by atoms with Crippen molar-refractivity contribution in [3.63, 3.8) is 0 Å². The molecule has 0 radical (unpaired) electrons. The number of nitrogens with zero attached hydrogens (tertiary/aromatic N) is 2. The average Bonchev–Trinajstić information content (AvgIpc) is 3.10. The van der Waals surface area contributed by atoms with Crippen molar-refractivity contribution in [2.75, 3.05) is 6.54 Å². The van der Waals surface area contributed by atoms with Gasteiger partial charge in [0.25, 0.3) is 0 Å². The molecule has 0 spiro atoms. The maximum absolute atomic E-state index is 13.7. The van der Waals surface area contributed by atoms with Crippen molar-refractivity contribution in [3.05, 3.63) is 29.6 Å². The van der Waals surface area contributed by atoms with Crippen LogP contribution in [0.25, 0.3) is 0 Å². The molecule has 0 aromatic carbocycles. The minimum atomic E-state index is -0.852. The highest BCUT2D eigenvalue weighted by molar-refractivity contribution is 5.94. The number of primary amides is 1. The molecule has 2 aliphatic carbocycles. The molecular weight excluding hydrogens is 418 g/mol. The first-order valence-corrected chi connectivity index (χ1v) is 11.9. The summed E-state index contributed by atoms with van der Waals surface area (Å²) in [5, 5.41) is 2.95. The van der Waals surface area contributed by atoms with Gasteiger partial charge in [-0.3, -0.25) is 19.4 Å². The maximum Gasteiger partial charge on any atom is 0.243 e. The van der Waals surface area contributed by atoms with Crippen LogP contribution in [0.4, 0.5) is 0 Å². The molecule has 6 atom stereocenters. The molecule has 33 heavy (non-hydrogen) atoms. The summed E-state index contributed by atoms with van der Waals surface area (Å²) < 4.78 is 0. The summed E-state index contributed by atoms with van der Waals surface area (Å²) in [5.41, 5.74) is 13.7. The van der Waals surface area contributed by atoms with E-state index in [1.54, 1.807) is 17.3 Å². The zero-order valence-corrected chi connectivity index (χ0v) is 20.3. The van der Waals surface area contributed by atoms with Gasteiger partial charge in [0.2, 0.25) is 17.7 Å². The number of aromatic nitrogens is 1. The second kappa shape index (κ2) is 8.08. The van der Waals surface area contributed by atoms with Crippen molar-refractivity contribution in [2.45, 2.75) is 77.9 Å². The lowest BCUT2D eigenvalue weighted by atomic mass is 9.79. The molecule has 1 aromatic heterocycles. The summed E-state index contributed by atoms with van der Waals surface area (Å²) in [7, 11) is 0. The highest BCUT2D eigenvalue weighted by atomic mass is 16.2. The average molecular weight is 456 g/mol.